The predicted octanol–water partition coefficient (Wildman–Crippen LogP) is 3.48. The number of thioether (sulfide) groups is 1. The summed E-state index contributed by atoms with van der Waals surface area (Å²) in [6, 6.07) is 5.68. The van der Waals surface area contributed by atoms with E-state index in [1.54, 1.807) is 22.7 Å². The van der Waals surface area contributed by atoms with Gasteiger partial charge in [0.2, 0.25) is 0 Å². The molecule has 0 unspecified atom stereocenters. The van der Waals surface area contributed by atoms with Crippen LogP contribution in [0, 0.1) is 0 Å². The first-order valence-corrected chi connectivity index (χ1v) is 7.85. The molecule has 2 aromatic rings. The second-order valence-corrected chi connectivity index (χ2v) is 5.81. The summed E-state index contributed by atoms with van der Waals surface area (Å²) in [5.41, 5.74) is 9.12. The number of anilines is 2. The van der Waals surface area contributed by atoms with Crippen molar-refractivity contribution in [3.63, 3.8) is 0 Å². The number of aromatic nitrogens is 1. The molecule has 3 N–H and O–H groups in total. The Morgan fingerprint density at radius 2 is 2.37 bits per heavy atom. The number of thiazole rings is 1. The molecule has 6 heteroatoms. The highest BCUT2D eigenvalue weighted by atomic mass is 32.2. The molecule has 0 fully saturated rings. The van der Waals surface area contributed by atoms with Crippen LogP contribution in [0.15, 0.2) is 34.0 Å². The Bertz CT molecular complexity index is 555. The Balaban J connectivity index is 2.12. The highest BCUT2D eigenvalue weighted by Crippen LogP contribution is 2.27. The van der Waals surface area contributed by atoms with Crippen LogP contribution in [-0.2, 0) is 0 Å². The third-order valence-electron chi connectivity index (χ3n) is 2.41. The lowest BCUT2D eigenvalue weighted by Crippen LogP contribution is -2.13. The second-order valence-electron chi connectivity index (χ2n) is 3.93. The number of nitrogens with zero attached hydrogens (tertiary/aromatic N) is 1. The number of carbonyl (C=O) groups is 1. The van der Waals surface area contributed by atoms with E-state index in [9.17, 15) is 4.79 Å². The van der Waals surface area contributed by atoms with Gasteiger partial charge in [-0.1, -0.05) is 6.92 Å². The number of hydrogen-bond acceptors (Lipinski definition) is 5. The van der Waals surface area contributed by atoms with Gasteiger partial charge in [-0.25, -0.2) is 4.98 Å². The van der Waals surface area contributed by atoms with Gasteiger partial charge in [0.15, 0.2) is 0 Å². The van der Waals surface area contributed by atoms with Gasteiger partial charge in [0.1, 0.15) is 5.69 Å². The van der Waals surface area contributed by atoms with Gasteiger partial charge in [-0.05, 0) is 30.4 Å². The van der Waals surface area contributed by atoms with Crippen molar-refractivity contribution in [2.45, 2.75) is 18.2 Å². The van der Waals surface area contributed by atoms with E-state index in [-0.39, 0.29) is 5.91 Å². The van der Waals surface area contributed by atoms with Crippen molar-refractivity contribution in [2.75, 3.05) is 16.8 Å². The topological polar surface area (TPSA) is 68.0 Å². The Kier molecular flexibility index (Phi) is 4.81. The molecule has 100 valence electrons. The van der Waals surface area contributed by atoms with Crippen molar-refractivity contribution in [1.29, 1.82) is 0 Å². The van der Waals surface area contributed by atoms with E-state index >= 15 is 0 Å². The van der Waals surface area contributed by atoms with Crippen molar-refractivity contribution in [3.8, 4) is 0 Å². The fourth-order valence-corrected chi connectivity index (χ4v) is 2.80. The Hall–Kier alpha value is -1.53. The summed E-state index contributed by atoms with van der Waals surface area (Å²) >= 11 is 3.14. The summed E-state index contributed by atoms with van der Waals surface area (Å²) < 4.78 is 0. The number of rotatable bonds is 5. The standard InChI is InChI=1S/C13H15N3OS2/c1-2-5-19-9-3-4-10(14)11(6-9)16-13(17)12-7-18-8-15-12/h3-4,6-8H,2,5,14H2,1H3,(H,16,17). The van der Waals surface area contributed by atoms with Gasteiger partial charge in [0.25, 0.3) is 5.91 Å². The molecule has 1 aromatic carbocycles. The first kappa shape index (κ1) is 13.9. The van der Waals surface area contributed by atoms with Crippen molar-refractivity contribution >= 4 is 40.4 Å². The number of nitrogen functional groups attached to an aromatic ring is 1. The molecule has 2 rings (SSSR count). The quantitative estimate of drug-likeness (QED) is 0.654. The van der Waals surface area contributed by atoms with E-state index < -0.39 is 0 Å². The molecule has 0 saturated heterocycles. The molecule has 0 spiro atoms. The average Bonchev–Trinajstić information content (AvgIpc) is 2.93. The first-order chi connectivity index (χ1) is 9.20. The number of nitrogens with two attached hydrogens (primary N) is 1. The van der Waals surface area contributed by atoms with Crippen LogP contribution in [0.4, 0.5) is 11.4 Å². The van der Waals surface area contributed by atoms with E-state index in [0.717, 1.165) is 17.1 Å². The molecule has 0 bridgehead atoms. The fourth-order valence-electron chi connectivity index (χ4n) is 1.46. The van der Waals surface area contributed by atoms with E-state index in [4.69, 9.17) is 5.73 Å². The summed E-state index contributed by atoms with van der Waals surface area (Å²) in [5, 5.41) is 4.51. The highest BCUT2D eigenvalue weighted by Gasteiger charge is 2.10. The highest BCUT2D eigenvalue weighted by molar-refractivity contribution is 7.99. The van der Waals surface area contributed by atoms with E-state index in [1.165, 1.54) is 11.3 Å². The molecule has 1 aromatic heterocycles. The van der Waals surface area contributed by atoms with Gasteiger partial charge in [-0.3, -0.25) is 4.79 Å². The zero-order valence-electron chi connectivity index (χ0n) is 10.6. The molecular weight excluding hydrogens is 278 g/mol. The Morgan fingerprint density at radius 3 is 3.05 bits per heavy atom. The lowest BCUT2D eigenvalue weighted by atomic mass is 10.2. The summed E-state index contributed by atoms with van der Waals surface area (Å²) in [6.07, 6.45) is 1.11. The van der Waals surface area contributed by atoms with Crippen molar-refractivity contribution < 1.29 is 4.79 Å². The van der Waals surface area contributed by atoms with Crippen LogP contribution in [-0.4, -0.2) is 16.6 Å². The average molecular weight is 293 g/mol. The van der Waals surface area contributed by atoms with Crippen LogP contribution in [0.2, 0.25) is 0 Å². The molecule has 0 atom stereocenters. The maximum absolute atomic E-state index is 11.9. The molecule has 19 heavy (non-hydrogen) atoms. The summed E-state index contributed by atoms with van der Waals surface area (Å²) in [7, 11) is 0. The zero-order valence-corrected chi connectivity index (χ0v) is 12.2. The van der Waals surface area contributed by atoms with Crippen LogP contribution in [0.25, 0.3) is 0 Å². The zero-order chi connectivity index (χ0) is 13.7. The lowest BCUT2D eigenvalue weighted by molar-refractivity contribution is 0.102. The Labute approximate surface area is 120 Å². The maximum Gasteiger partial charge on any atom is 0.275 e. The minimum atomic E-state index is -0.231. The molecular formula is C13H15N3OS2. The number of nitrogens with one attached hydrogen (secondary N) is 1. The third-order valence-corrected chi connectivity index (χ3v) is 4.20. The van der Waals surface area contributed by atoms with Gasteiger partial charge in [0, 0.05) is 10.3 Å². The SMILES string of the molecule is CCCSc1ccc(N)c(NC(=O)c2cscn2)c1. The Morgan fingerprint density at radius 1 is 1.53 bits per heavy atom. The van der Waals surface area contributed by atoms with Crippen LogP contribution in [0.1, 0.15) is 23.8 Å². The number of carbonyl (C=O) groups excluding carboxylic acids is 1. The molecule has 0 aliphatic carbocycles. The van der Waals surface area contributed by atoms with Gasteiger partial charge in [-0.15, -0.1) is 23.1 Å². The summed E-state index contributed by atoms with van der Waals surface area (Å²) in [5.74, 6) is 0.814. The van der Waals surface area contributed by atoms with Crippen molar-refractivity contribution in [1.82, 2.24) is 4.98 Å². The predicted molar refractivity (Wildman–Crippen MR) is 81.9 cm³/mol. The molecule has 4 nitrogen and oxygen atoms in total. The second kappa shape index (κ2) is 6.58. The smallest absolute Gasteiger partial charge is 0.275 e. The minimum Gasteiger partial charge on any atom is -0.397 e. The van der Waals surface area contributed by atoms with E-state index in [0.29, 0.717) is 17.1 Å². The molecule has 0 saturated carbocycles. The first-order valence-electron chi connectivity index (χ1n) is 5.92. The normalized spacial score (nSPS) is 10.4. The third kappa shape index (κ3) is 3.71. The van der Waals surface area contributed by atoms with E-state index in [2.05, 4.69) is 17.2 Å². The largest absolute Gasteiger partial charge is 0.397 e. The lowest BCUT2D eigenvalue weighted by Gasteiger charge is -2.09. The van der Waals surface area contributed by atoms with Crippen LogP contribution in [0.3, 0.4) is 0 Å². The molecule has 1 heterocycles. The van der Waals surface area contributed by atoms with Crippen LogP contribution < -0.4 is 11.1 Å². The van der Waals surface area contributed by atoms with Crippen molar-refractivity contribution in [3.05, 3.63) is 34.8 Å². The minimum absolute atomic E-state index is 0.231. The summed E-state index contributed by atoms with van der Waals surface area (Å²) in [6.45, 7) is 2.13. The van der Waals surface area contributed by atoms with Crippen LogP contribution >= 0.6 is 23.1 Å². The van der Waals surface area contributed by atoms with Crippen LogP contribution in [0.5, 0.6) is 0 Å². The summed E-state index contributed by atoms with van der Waals surface area (Å²) in [4.78, 5) is 17.0. The number of benzene rings is 1. The fraction of sp³-hybridized carbons (Fsp3) is 0.231. The monoisotopic (exact) mass is 293 g/mol. The van der Waals surface area contributed by atoms with Crippen molar-refractivity contribution in [2.24, 2.45) is 0 Å². The maximum atomic E-state index is 11.9. The number of amides is 1. The molecule has 0 aliphatic rings. The molecule has 1 amide bonds. The number of hydrogen-bond donors (Lipinski definition) is 2. The molecule has 0 aliphatic heterocycles. The van der Waals surface area contributed by atoms with Gasteiger partial charge in [-0.2, -0.15) is 0 Å². The van der Waals surface area contributed by atoms with Gasteiger partial charge in [0.05, 0.1) is 16.9 Å². The molecule has 0 radical (unpaired) electrons. The van der Waals surface area contributed by atoms with Gasteiger partial charge >= 0.3 is 0 Å². The van der Waals surface area contributed by atoms with Gasteiger partial charge < -0.3 is 11.1 Å². The van der Waals surface area contributed by atoms with E-state index in [1.807, 2.05) is 18.2 Å².